The number of halogens is 2. The number of para-hydroxylation sites is 2. The zero-order valence-corrected chi connectivity index (χ0v) is 17.9. The minimum absolute atomic E-state index is 0.0195. The van der Waals surface area contributed by atoms with E-state index in [4.69, 9.17) is 28.2 Å². The van der Waals surface area contributed by atoms with Gasteiger partial charge in [0.2, 0.25) is 5.65 Å². The van der Waals surface area contributed by atoms with Crippen LogP contribution in [0.1, 0.15) is 41.9 Å². The van der Waals surface area contributed by atoms with Crippen molar-refractivity contribution in [3.05, 3.63) is 58.1 Å². The number of Topliss-reactive ketones (excluding diaryl/α,β-unsaturated/α-hetero) is 1. The summed E-state index contributed by atoms with van der Waals surface area (Å²) in [6.07, 6.45) is 2.98. The Labute approximate surface area is 183 Å². The molecule has 0 aliphatic carbocycles. The van der Waals surface area contributed by atoms with Gasteiger partial charge in [-0.2, -0.15) is 0 Å². The Hall–Kier alpha value is -2.77. The number of aromatic nitrogens is 5. The highest BCUT2D eigenvalue weighted by Gasteiger charge is 2.13. The van der Waals surface area contributed by atoms with Crippen LogP contribution in [0, 0.1) is 6.92 Å². The lowest BCUT2D eigenvalue weighted by molar-refractivity contribution is 0.0979. The molecule has 1 N–H and O–H groups in total. The summed E-state index contributed by atoms with van der Waals surface area (Å²) in [6, 6.07) is 11.1. The lowest BCUT2D eigenvalue weighted by atomic mass is 10.1. The number of nitrogens with one attached hydrogen (secondary N) is 1. The predicted octanol–water partition coefficient (Wildman–Crippen LogP) is 5.14. The zero-order valence-electron chi connectivity index (χ0n) is 16.4. The number of pyridine rings is 1. The third kappa shape index (κ3) is 4.22. The highest BCUT2D eigenvalue weighted by atomic mass is 35.5. The van der Waals surface area contributed by atoms with Gasteiger partial charge in [-0.25, -0.2) is 9.97 Å². The van der Waals surface area contributed by atoms with Crippen molar-refractivity contribution in [1.82, 2.24) is 24.6 Å². The molecule has 0 saturated heterocycles. The first-order chi connectivity index (χ1) is 14.5. The van der Waals surface area contributed by atoms with Crippen LogP contribution >= 0.6 is 23.2 Å². The fourth-order valence-corrected chi connectivity index (χ4v) is 3.84. The zero-order chi connectivity index (χ0) is 21.1. The number of anilines is 1. The summed E-state index contributed by atoms with van der Waals surface area (Å²) in [7, 11) is 0. The molecule has 0 amide bonds. The molecule has 0 aliphatic heterocycles. The minimum Gasteiger partial charge on any atom is -0.367 e. The van der Waals surface area contributed by atoms with Crippen LogP contribution in [0.25, 0.3) is 16.7 Å². The van der Waals surface area contributed by atoms with Gasteiger partial charge in [0.25, 0.3) is 0 Å². The smallest absolute Gasteiger partial charge is 0.204 e. The Morgan fingerprint density at radius 1 is 1.03 bits per heavy atom. The Morgan fingerprint density at radius 2 is 1.87 bits per heavy atom. The number of rotatable bonds is 8. The van der Waals surface area contributed by atoms with Gasteiger partial charge in [0, 0.05) is 13.0 Å². The van der Waals surface area contributed by atoms with Crippen molar-refractivity contribution < 1.29 is 4.79 Å². The van der Waals surface area contributed by atoms with E-state index in [2.05, 4.69) is 20.5 Å². The first-order valence-electron chi connectivity index (χ1n) is 9.74. The van der Waals surface area contributed by atoms with E-state index in [1.807, 2.05) is 35.6 Å². The molecule has 0 saturated carbocycles. The van der Waals surface area contributed by atoms with E-state index in [0.29, 0.717) is 23.4 Å². The average Bonchev–Trinajstić information content (AvgIpc) is 3.12. The first-order valence-corrected chi connectivity index (χ1v) is 10.5. The lowest BCUT2D eigenvalue weighted by Gasteiger charge is -2.09. The molecule has 154 valence electrons. The maximum absolute atomic E-state index is 12.3. The summed E-state index contributed by atoms with van der Waals surface area (Å²) < 4.78 is 2.01. The molecule has 0 unspecified atom stereocenters. The van der Waals surface area contributed by atoms with Crippen molar-refractivity contribution in [2.24, 2.45) is 0 Å². The number of ketones is 1. The van der Waals surface area contributed by atoms with Gasteiger partial charge in [0.15, 0.2) is 11.6 Å². The van der Waals surface area contributed by atoms with E-state index >= 15 is 0 Å². The van der Waals surface area contributed by atoms with Crippen LogP contribution < -0.4 is 5.32 Å². The molecular weight excluding hydrogens is 423 g/mol. The van der Waals surface area contributed by atoms with E-state index in [1.165, 1.54) is 0 Å². The average molecular weight is 443 g/mol. The van der Waals surface area contributed by atoms with Gasteiger partial charge in [0.1, 0.15) is 16.1 Å². The van der Waals surface area contributed by atoms with E-state index in [1.54, 1.807) is 12.1 Å². The first kappa shape index (κ1) is 20.5. The topological polar surface area (TPSA) is 85.1 Å². The Balaban J connectivity index is 1.32. The molecular formula is C21H20Cl2N6O. The fourth-order valence-electron chi connectivity index (χ4n) is 3.39. The van der Waals surface area contributed by atoms with Crippen molar-refractivity contribution in [2.45, 2.75) is 32.6 Å². The van der Waals surface area contributed by atoms with Crippen molar-refractivity contribution >= 4 is 51.5 Å². The maximum Gasteiger partial charge on any atom is 0.204 e. The third-order valence-corrected chi connectivity index (χ3v) is 5.38. The number of fused-ring (bicyclic) bond motifs is 3. The number of unbranched alkanes of at least 4 members (excludes halogenated alkanes) is 2. The summed E-state index contributed by atoms with van der Waals surface area (Å²) in [5, 5.41) is 12.3. The molecule has 0 atom stereocenters. The molecule has 7 nitrogen and oxygen atoms in total. The second kappa shape index (κ2) is 8.93. The number of hydrogen-bond donors (Lipinski definition) is 1. The molecule has 0 fully saturated rings. The standard InChI is InChI=1S/C21H20Cl2N6O/c1-13-27-28-21-20(25-15-7-4-5-8-16(15)29(13)21)24-12-6-2-3-9-17(30)14-10-11-18(22)26-19(14)23/h4-5,7-8,10-11H,2-3,6,9,12H2,1H3,(H,24,25). The Bertz CT molecular complexity index is 1220. The quantitative estimate of drug-likeness (QED) is 0.231. The second-order valence-corrected chi connectivity index (χ2v) is 7.73. The fraction of sp³-hybridized carbons (Fsp3) is 0.286. The van der Waals surface area contributed by atoms with Crippen LogP contribution in [0.5, 0.6) is 0 Å². The Kier molecular flexibility index (Phi) is 6.11. The largest absolute Gasteiger partial charge is 0.367 e. The summed E-state index contributed by atoms with van der Waals surface area (Å²) >= 11 is 11.8. The van der Waals surface area contributed by atoms with Crippen LogP contribution in [-0.2, 0) is 0 Å². The maximum atomic E-state index is 12.3. The van der Waals surface area contributed by atoms with E-state index < -0.39 is 0 Å². The predicted molar refractivity (Wildman–Crippen MR) is 119 cm³/mol. The molecule has 0 aliphatic rings. The van der Waals surface area contributed by atoms with E-state index in [9.17, 15) is 4.79 Å². The SMILES string of the molecule is Cc1nnc2c(NCCCCCC(=O)c3ccc(Cl)nc3Cl)nc3ccccc3n12. The van der Waals surface area contributed by atoms with Crippen LogP contribution in [-0.4, -0.2) is 36.9 Å². The highest BCUT2D eigenvalue weighted by Crippen LogP contribution is 2.22. The van der Waals surface area contributed by atoms with Crippen LogP contribution in [0.15, 0.2) is 36.4 Å². The van der Waals surface area contributed by atoms with Crippen molar-refractivity contribution in [1.29, 1.82) is 0 Å². The van der Waals surface area contributed by atoms with Crippen molar-refractivity contribution in [2.75, 3.05) is 11.9 Å². The molecule has 0 spiro atoms. The summed E-state index contributed by atoms with van der Waals surface area (Å²) in [4.78, 5) is 20.9. The molecule has 1 aromatic carbocycles. The Morgan fingerprint density at radius 3 is 2.70 bits per heavy atom. The molecule has 30 heavy (non-hydrogen) atoms. The number of carbonyl (C=O) groups excluding carboxylic acids is 1. The molecule has 3 heterocycles. The number of aryl methyl sites for hydroxylation is 1. The number of carbonyl (C=O) groups is 1. The highest BCUT2D eigenvalue weighted by molar-refractivity contribution is 6.34. The second-order valence-electron chi connectivity index (χ2n) is 6.99. The van der Waals surface area contributed by atoms with Crippen LogP contribution in [0.3, 0.4) is 0 Å². The van der Waals surface area contributed by atoms with Gasteiger partial charge in [0.05, 0.1) is 16.6 Å². The van der Waals surface area contributed by atoms with Gasteiger partial charge in [-0.3, -0.25) is 9.20 Å². The molecule has 0 bridgehead atoms. The van der Waals surface area contributed by atoms with Crippen LogP contribution in [0.4, 0.5) is 5.82 Å². The molecule has 3 aromatic heterocycles. The van der Waals surface area contributed by atoms with E-state index in [0.717, 1.165) is 42.7 Å². The van der Waals surface area contributed by atoms with Gasteiger partial charge < -0.3 is 5.32 Å². The van der Waals surface area contributed by atoms with Crippen molar-refractivity contribution in [3.8, 4) is 0 Å². The van der Waals surface area contributed by atoms with Gasteiger partial charge >= 0.3 is 0 Å². The molecule has 4 aromatic rings. The molecule has 0 radical (unpaired) electrons. The monoisotopic (exact) mass is 442 g/mol. The van der Waals surface area contributed by atoms with Gasteiger partial charge in [-0.05, 0) is 44.0 Å². The summed E-state index contributed by atoms with van der Waals surface area (Å²) in [5.41, 5.74) is 3.00. The number of hydrogen-bond acceptors (Lipinski definition) is 6. The third-order valence-electron chi connectivity index (χ3n) is 4.88. The molecule has 9 heteroatoms. The summed E-state index contributed by atoms with van der Waals surface area (Å²) in [6.45, 7) is 2.65. The number of nitrogens with zero attached hydrogens (tertiary/aromatic N) is 5. The summed E-state index contributed by atoms with van der Waals surface area (Å²) in [5.74, 6) is 1.51. The minimum atomic E-state index is -0.0195. The lowest BCUT2D eigenvalue weighted by Crippen LogP contribution is -2.07. The number of benzene rings is 1. The van der Waals surface area contributed by atoms with Gasteiger partial charge in [-0.1, -0.05) is 41.8 Å². The van der Waals surface area contributed by atoms with Crippen LogP contribution in [0.2, 0.25) is 10.3 Å². The van der Waals surface area contributed by atoms with Crippen molar-refractivity contribution in [3.63, 3.8) is 0 Å². The molecule has 4 rings (SSSR count). The van der Waals surface area contributed by atoms with E-state index in [-0.39, 0.29) is 16.1 Å². The van der Waals surface area contributed by atoms with Gasteiger partial charge in [-0.15, -0.1) is 10.2 Å². The normalized spacial score (nSPS) is 11.3.